The number of fused-ring (bicyclic) bond motifs is 1. The highest BCUT2D eigenvalue weighted by Gasteiger charge is 2.11. The first-order valence-corrected chi connectivity index (χ1v) is 6.63. The van der Waals surface area contributed by atoms with Crippen LogP contribution in [0.3, 0.4) is 0 Å². The van der Waals surface area contributed by atoms with Crippen LogP contribution in [0.4, 0.5) is 6.01 Å². The Labute approximate surface area is 122 Å². The van der Waals surface area contributed by atoms with Gasteiger partial charge in [0.15, 0.2) is 5.58 Å². The van der Waals surface area contributed by atoms with Crippen LogP contribution in [0.1, 0.15) is 6.42 Å². The number of oxazole rings is 1. The van der Waals surface area contributed by atoms with Gasteiger partial charge >= 0.3 is 6.01 Å². The lowest BCUT2D eigenvalue weighted by molar-refractivity contribution is 0.573. The molecular formula is C16H14N4O. The second kappa shape index (κ2) is 5.65. The van der Waals surface area contributed by atoms with Crippen molar-refractivity contribution in [3.63, 3.8) is 0 Å². The summed E-state index contributed by atoms with van der Waals surface area (Å²) in [5.74, 6) is 5.82. The van der Waals surface area contributed by atoms with Gasteiger partial charge in [-0.05, 0) is 23.3 Å². The van der Waals surface area contributed by atoms with Crippen molar-refractivity contribution in [2.45, 2.75) is 6.42 Å². The molecule has 104 valence electrons. The second-order valence-corrected chi connectivity index (χ2v) is 4.65. The molecule has 3 aromatic rings. The zero-order chi connectivity index (χ0) is 14.7. The standard InChI is InChI=1S/C16H14N4O/c17-9-4-10-20(18)16-19-14-11-13(7-8-15(14)21-16)12-5-2-1-3-6-12/h1-3,5-8,11H,4,10,18H2. The Morgan fingerprint density at radius 2 is 1.95 bits per heavy atom. The Morgan fingerprint density at radius 1 is 1.14 bits per heavy atom. The Morgan fingerprint density at radius 3 is 2.71 bits per heavy atom. The van der Waals surface area contributed by atoms with E-state index in [9.17, 15) is 0 Å². The number of hydrazine groups is 1. The van der Waals surface area contributed by atoms with Crippen LogP contribution in [0.15, 0.2) is 52.9 Å². The summed E-state index contributed by atoms with van der Waals surface area (Å²) >= 11 is 0. The summed E-state index contributed by atoms with van der Waals surface area (Å²) in [6.45, 7) is 0.384. The molecule has 0 unspecified atom stereocenters. The highest BCUT2D eigenvalue weighted by atomic mass is 16.4. The van der Waals surface area contributed by atoms with Gasteiger partial charge in [0.05, 0.1) is 19.0 Å². The zero-order valence-corrected chi connectivity index (χ0v) is 11.4. The third-order valence-corrected chi connectivity index (χ3v) is 3.19. The number of hydrogen-bond acceptors (Lipinski definition) is 5. The van der Waals surface area contributed by atoms with Crippen LogP contribution >= 0.6 is 0 Å². The maximum Gasteiger partial charge on any atom is 0.313 e. The third kappa shape index (κ3) is 2.71. The number of rotatable bonds is 4. The summed E-state index contributed by atoms with van der Waals surface area (Å²) < 4.78 is 5.60. The van der Waals surface area contributed by atoms with Crippen molar-refractivity contribution < 1.29 is 4.42 Å². The number of hydrogen-bond donors (Lipinski definition) is 1. The van der Waals surface area contributed by atoms with E-state index in [-0.39, 0.29) is 0 Å². The molecule has 0 saturated heterocycles. The van der Waals surface area contributed by atoms with Crippen molar-refractivity contribution in [1.82, 2.24) is 4.98 Å². The lowest BCUT2D eigenvalue weighted by Crippen LogP contribution is -2.31. The number of anilines is 1. The van der Waals surface area contributed by atoms with E-state index in [1.54, 1.807) is 0 Å². The zero-order valence-electron chi connectivity index (χ0n) is 11.4. The molecule has 2 aromatic carbocycles. The summed E-state index contributed by atoms with van der Waals surface area (Å²) in [5, 5.41) is 9.93. The average molecular weight is 278 g/mol. The minimum Gasteiger partial charge on any atom is -0.422 e. The molecular weight excluding hydrogens is 264 g/mol. The monoisotopic (exact) mass is 278 g/mol. The lowest BCUT2D eigenvalue weighted by atomic mass is 10.1. The van der Waals surface area contributed by atoms with Gasteiger partial charge in [-0.25, -0.2) is 5.84 Å². The second-order valence-electron chi connectivity index (χ2n) is 4.65. The molecule has 5 heteroatoms. The molecule has 1 heterocycles. The molecule has 0 aliphatic carbocycles. The van der Waals surface area contributed by atoms with Crippen LogP contribution in [0.5, 0.6) is 0 Å². The fraction of sp³-hybridized carbons (Fsp3) is 0.125. The van der Waals surface area contributed by atoms with E-state index in [0.29, 0.717) is 24.6 Å². The lowest BCUT2D eigenvalue weighted by Gasteiger charge is -2.10. The molecule has 3 rings (SSSR count). The average Bonchev–Trinajstić information content (AvgIpc) is 2.96. The van der Waals surface area contributed by atoms with Crippen LogP contribution in [0, 0.1) is 11.3 Å². The van der Waals surface area contributed by atoms with Gasteiger partial charge in [-0.2, -0.15) is 10.2 Å². The number of aromatic nitrogens is 1. The molecule has 0 saturated carbocycles. The van der Waals surface area contributed by atoms with Crippen molar-refractivity contribution in [3.05, 3.63) is 48.5 Å². The summed E-state index contributed by atoms with van der Waals surface area (Å²) in [7, 11) is 0. The van der Waals surface area contributed by atoms with Crippen LogP contribution in [-0.4, -0.2) is 11.5 Å². The number of nitriles is 1. The molecule has 0 amide bonds. The summed E-state index contributed by atoms with van der Waals surface area (Å²) in [6, 6.07) is 18.3. The minimum absolute atomic E-state index is 0.324. The molecule has 0 atom stereocenters. The Hall–Kier alpha value is -2.84. The van der Waals surface area contributed by atoms with Crippen LogP contribution in [0.2, 0.25) is 0 Å². The molecule has 0 bridgehead atoms. The van der Waals surface area contributed by atoms with Crippen molar-refractivity contribution in [3.8, 4) is 17.2 Å². The number of nitrogens with two attached hydrogens (primary N) is 1. The first kappa shape index (κ1) is 13.2. The number of nitrogens with zero attached hydrogens (tertiary/aromatic N) is 3. The van der Waals surface area contributed by atoms with Gasteiger partial charge in [0.25, 0.3) is 0 Å². The third-order valence-electron chi connectivity index (χ3n) is 3.19. The van der Waals surface area contributed by atoms with E-state index in [2.05, 4.69) is 4.98 Å². The normalized spacial score (nSPS) is 10.5. The maximum absolute atomic E-state index is 8.58. The van der Waals surface area contributed by atoms with Crippen LogP contribution < -0.4 is 10.9 Å². The van der Waals surface area contributed by atoms with Gasteiger partial charge in [-0.15, -0.1) is 0 Å². The first-order chi connectivity index (χ1) is 10.3. The van der Waals surface area contributed by atoms with Crippen molar-refractivity contribution in [2.75, 3.05) is 11.6 Å². The van der Waals surface area contributed by atoms with Gasteiger partial charge in [-0.1, -0.05) is 36.4 Å². The summed E-state index contributed by atoms with van der Waals surface area (Å²) in [5.41, 5.74) is 3.62. The van der Waals surface area contributed by atoms with Gasteiger partial charge in [0.1, 0.15) is 5.52 Å². The minimum atomic E-state index is 0.324. The van der Waals surface area contributed by atoms with Crippen molar-refractivity contribution in [2.24, 2.45) is 5.84 Å². The molecule has 2 N–H and O–H groups in total. The molecule has 0 spiro atoms. The maximum atomic E-state index is 8.58. The molecule has 21 heavy (non-hydrogen) atoms. The molecule has 1 aromatic heterocycles. The van der Waals surface area contributed by atoms with Gasteiger partial charge in [0, 0.05) is 0 Å². The van der Waals surface area contributed by atoms with Crippen LogP contribution in [-0.2, 0) is 0 Å². The van der Waals surface area contributed by atoms with Gasteiger partial charge in [-0.3, -0.25) is 5.01 Å². The smallest absolute Gasteiger partial charge is 0.313 e. The molecule has 0 aliphatic heterocycles. The largest absolute Gasteiger partial charge is 0.422 e. The Balaban J connectivity index is 1.94. The van der Waals surface area contributed by atoms with Crippen LogP contribution in [0.25, 0.3) is 22.2 Å². The fourth-order valence-electron chi connectivity index (χ4n) is 2.11. The summed E-state index contributed by atoms with van der Waals surface area (Å²) in [4.78, 5) is 4.38. The van der Waals surface area contributed by atoms with E-state index in [1.165, 1.54) is 5.01 Å². The highest BCUT2D eigenvalue weighted by molar-refractivity contribution is 5.81. The topological polar surface area (TPSA) is 79.1 Å². The first-order valence-electron chi connectivity index (χ1n) is 6.63. The van der Waals surface area contributed by atoms with Crippen molar-refractivity contribution in [1.29, 1.82) is 5.26 Å². The molecule has 0 aliphatic rings. The van der Waals surface area contributed by atoms with Crippen molar-refractivity contribution >= 4 is 17.1 Å². The fourth-order valence-corrected chi connectivity index (χ4v) is 2.11. The van der Waals surface area contributed by atoms with E-state index in [1.807, 2.05) is 54.6 Å². The molecule has 0 radical (unpaired) electrons. The summed E-state index contributed by atoms with van der Waals surface area (Å²) in [6.07, 6.45) is 0.324. The predicted octanol–water partition coefficient (Wildman–Crippen LogP) is 3.09. The van der Waals surface area contributed by atoms with E-state index in [4.69, 9.17) is 15.5 Å². The molecule has 0 fully saturated rings. The number of benzene rings is 2. The van der Waals surface area contributed by atoms with E-state index in [0.717, 1.165) is 16.6 Å². The Kier molecular flexibility index (Phi) is 3.54. The van der Waals surface area contributed by atoms with E-state index >= 15 is 0 Å². The van der Waals surface area contributed by atoms with E-state index < -0.39 is 0 Å². The quantitative estimate of drug-likeness (QED) is 0.586. The SMILES string of the molecule is N#CCCN(N)c1nc2cc(-c3ccccc3)ccc2o1. The predicted molar refractivity (Wildman–Crippen MR) is 81.2 cm³/mol. The van der Waals surface area contributed by atoms with Gasteiger partial charge < -0.3 is 4.42 Å². The van der Waals surface area contributed by atoms with Gasteiger partial charge in [0.2, 0.25) is 0 Å². The highest BCUT2D eigenvalue weighted by Crippen LogP contribution is 2.26. The Bertz CT molecular complexity index is 789. The molecule has 5 nitrogen and oxygen atoms in total.